The first-order valence-electron chi connectivity index (χ1n) is 7.10. The summed E-state index contributed by atoms with van der Waals surface area (Å²) in [7, 11) is 0. The molecule has 1 rings (SSSR count). The van der Waals surface area contributed by atoms with Crippen molar-refractivity contribution in [2.24, 2.45) is 23.5 Å². The van der Waals surface area contributed by atoms with Crippen LogP contribution in [0, 0.1) is 17.8 Å². The van der Waals surface area contributed by atoms with Gasteiger partial charge in [-0.3, -0.25) is 0 Å². The van der Waals surface area contributed by atoms with Crippen LogP contribution in [0.25, 0.3) is 0 Å². The molecule has 3 atom stereocenters. The SMILES string of the molecule is CCC1CCCC(NCC(CN)C(C)C)C1. The molecule has 1 fully saturated rings. The first-order valence-corrected chi connectivity index (χ1v) is 7.10. The van der Waals surface area contributed by atoms with Gasteiger partial charge in [-0.2, -0.15) is 0 Å². The number of hydrogen-bond acceptors (Lipinski definition) is 2. The Labute approximate surface area is 101 Å². The molecule has 96 valence electrons. The maximum atomic E-state index is 5.80. The summed E-state index contributed by atoms with van der Waals surface area (Å²) < 4.78 is 0. The summed E-state index contributed by atoms with van der Waals surface area (Å²) in [5, 5.41) is 3.74. The van der Waals surface area contributed by atoms with Crippen LogP contribution in [0.5, 0.6) is 0 Å². The van der Waals surface area contributed by atoms with Gasteiger partial charge in [-0.25, -0.2) is 0 Å². The van der Waals surface area contributed by atoms with Crippen molar-refractivity contribution in [1.82, 2.24) is 5.32 Å². The normalized spacial score (nSPS) is 28.3. The van der Waals surface area contributed by atoms with E-state index in [4.69, 9.17) is 5.73 Å². The van der Waals surface area contributed by atoms with Crippen LogP contribution in [0.1, 0.15) is 52.9 Å². The zero-order chi connectivity index (χ0) is 12.0. The van der Waals surface area contributed by atoms with E-state index in [1.807, 2.05) is 0 Å². The Morgan fingerprint density at radius 1 is 1.31 bits per heavy atom. The summed E-state index contributed by atoms with van der Waals surface area (Å²) in [6, 6.07) is 0.756. The Balaban J connectivity index is 2.25. The Morgan fingerprint density at radius 3 is 2.62 bits per heavy atom. The van der Waals surface area contributed by atoms with Crippen LogP contribution in [-0.4, -0.2) is 19.1 Å². The standard InChI is InChI=1S/C14H30N2/c1-4-12-6-5-7-14(8-12)16-10-13(9-15)11(2)3/h11-14,16H,4-10,15H2,1-3H3. The Hall–Kier alpha value is -0.0800. The molecule has 16 heavy (non-hydrogen) atoms. The van der Waals surface area contributed by atoms with E-state index in [2.05, 4.69) is 26.1 Å². The first kappa shape index (κ1) is 14.0. The predicted octanol–water partition coefficient (Wildman–Crippen LogP) is 2.78. The van der Waals surface area contributed by atoms with Crippen LogP contribution in [0.4, 0.5) is 0 Å². The van der Waals surface area contributed by atoms with Crippen LogP contribution in [0.15, 0.2) is 0 Å². The molecule has 1 aliphatic rings. The van der Waals surface area contributed by atoms with E-state index in [-0.39, 0.29) is 0 Å². The van der Waals surface area contributed by atoms with Crippen molar-refractivity contribution in [2.75, 3.05) is 13.1 Å². The molecule has 0 bridgehead atoms. The Kier molecular flexibility index (Phi) is 6.37. The van der Waals surface area contributed by atoms with Gasteiger partial charge < -0.3 is 11.1 Å². The fourth-order valence-electron chi connectivity index (χ4n) is 2.76. The van der Waals surface area contributed by atoms with Gasteiger partial charge in [0.2, 0.25) is 0 Å². The first-order chi connectivity index (χ1) is 7.67. The maximum absolute atomic E-state index is 5.80. The molecule has 1 saturated carbocycles. The highest BCUT2D eigenvalue weighted by molar-refractivity contribution is 4.79. The molecule has 0 heterocycles. The minimum absolute atomic E-state index is 0.641. The van der Waals surface area contributed by atoms with Gasteiger partial charge in [0, 0.05) is 6.04 Å². The van der Waals surface area contributed by atoms with Gasteiger partial charge in [-0.1, -0.05) is 40.0 Å². The van der Waals surface area contributed by atoms with Crippen molar-refractivity contribution in [3.63, 3.8) is 0 Å². The molecular weight excluding hydrogens is 196 g/mol. The molecule has 2 nitrogen and oxygen atoms in total. The number of rotatable bonds is 6. The zero-order valence-electron chi connectivity index (χ0n) is 11.3. The third-order valence-corrected chi connectivity index (χ3v) is 4.27. The third kappa shape index (κ3) is 4.42. The van der Waals surface area contributed by atoms with E-state index >= 15 is 0 Å². The Morgan fingerprint density at radius 2 is 2.06 bits per heavy atom. The summed E-state index contributed by atoms with van der Waals surface area (Å²) in [6.07, 6.45) is 6.95. The van der Waals surface area contributed by atoms with E-state index in [0.717, 1.165) is 25.0 Å². The molecule has 0 aromatic heterocycles. The van der Waals surface area contributed by atoms with Crippen molar-refractivity contribution < 1.29 is 0 Å². The summed E-state index contributed by atoms with van der Waals surface area (Å²) in [5.74, 6) is 2.30. The summed E-state index contributed by atoms with van der Waals surface area (Å²) in [4.78, 5) is 0. The van der Waals surface area contributed by atoms with Gasteiger partial charge in [0.05, 0.1) is 0 Å². The van der Waals surface area contributed by atoms with Gasteiger partial charge in [0.25, 0.3) is 0 Å². The molecule has 0 aromatic rings. The zero-order valence-corrected chi connectivity index (χ0v) is 11.3. The fourth-order valence-corrected chi connectivity index (χ4v) is 2.76. The summed E-state index contributed by atoms with van der Waals surface area (Å²) in [6.45, 7) is 8.79. The van der Waals surface area contributed by atoms with Crippen molar-refractivity contribution >= 4 is 0 Å². The minimum atomic E-state index is 0.641. The van der Waals surface area contributed by atoms with Gasteiger partial charge >= 0.3 is 0 Å². The second kappa shape index (κ2) is 7.29. The highest BCUT2D eigenvalue weighted by atomic mass is 14.9. The van der Waals surface area contributed by atoms with Crippen LogP contribution in [0.3, 0.4) is 0 Å². The van der Waals surface area contributed by atoms with Gasteiger partial charge in [0.1, 0.15) is 0 Å². The van der Waals surface area contributed by atoms with Crippen LogP contribution in [-0.2, 0) is 0 Å². The molecular formula is C14H30N2. The molecule has 1 aliphatic carbocycles. The lowest BCUT2D eigenvalue weighted by Gasteiger charge is -2.31. The number of nitrogens with two attached hydrogens (primary N) is 1. The van der Waals surface area contributed by atoms with Crippen LogP contribution in [0.2, 0.25) is 0 Å². The van der Waals surface area contributed by atoms with Gasteiger partial charge in [-0.05, 0) is 43.7 Å². The fraction of sp³-hybridized carbons (Fsp3) is 1.00. The van der Waals surface area contributed by atoms with E-state index < -0.39 is 0 Å². The predicted molar refractivity (Wildman–Crippen MR) is 71.4 cm³/mol. The van der Waals surface area contributed by atoms with Crippen molar-refractivity contribution in [3.05, 3.63) is 0 Å². The topological polar surface area (TPSA) is 38.0 Å². The molecule has 0 aromatic carbocycles. The van der Waals surface area contributed by atoms with E-state index in [0.29, 0.717) is 11.8 Å². The highest BCUT2D eigenvalue weighted by Crippen LogP contribution is 2.26. The minimum Gasteiger partial charge on any atom is -0.330 e. The monoisotopic (exact) mass is 226 g/mol. The van der Waals surface area contributed by atoms with Crippen molar-refractivity contribution in [1.29, 1.82) is 0 Å². The largest absolute Gasteiger partial charge is 0.330 e. The quantitative estimate of drug-likeness (QED) is 0.731. The van der Waals surface area contributed by atoms with Crippen LogP contribution >= 0.6 is 0 Å². The second-order valence-corrected chi connectivity index (χ2v) is 5.79. The van der Waals surface area contributed by atoms with Crippen molar-refractivity contribution in [2.45, 2.75) is 58.9 Å². The summed E-state index contributed by atoms with van der Waals surface area (Å²) in [5.41, 5.74) is 5.80. The van der Waals surface area contributed by atoms with E-state index in [9.17, 15) is 0 Å². The molecule has 0 radical (unpaired) electrons. The average Bonchev–Trinajstić information content (AvgIpc) is 2.29. The average molecular weight is 226 g/mol. The Bertz CT molecular complexity index is 180. The summed E-state index contributed by atoms with van der Waals surface area (Å²) >= 11 is 0. The third-order valence-electron chi connectivity index (χ3n) is 4.27. The number of nitrogens with one attached hydrogen (secondary N) is 1. The molecule has 3 N–H and O–H groups in total. The number of hydrogen-bond donors (Lipinski definition) is 2. The molecule has 0 aliphatic heterocycles. The molecule has 2 heteroatoms. The highest BCUT2D eigenvalue weighted by Gasteiger charge is 2.21. The van der Waals surface area contributed by atoms with Crippen LogP contribution < -0.4 is 11.1 Å². The van der Waals surface area contributed by atoms with Gasteiger partial charge in [0.15, 0.2) is 0 Å². The lowest BCUT2D eigenvalue weighted by atomic mass is 9.84. The van der Waals surface area contributed by atoms with E-state index in [1.165, 1.54) is 32.1 Å². The van der Waals surface area contributed by atoms with Crippen molar-refractivity contribution in [3.8, 4) is 0 Å². The van der Waals surface area contributed by atoms with Gasteiger partial charge in [-0.15, -0.1) is 0 Å². The smallest absolute Gasteiger partial charge is 0.00698 e. The second-order valence-electron chi connectivity index (χ2n) is 5.79. The molecule has 0 amide bonds. The maximum Gasteiger partial charge on any atom is 0.00698 e. The lowest BCUT2D eigenvalue weighted by Crippen LogP contribution is -2.40. The lowest BCUT2D eigenvalue weighted by molar-refractivity contribution is 0.258. The molecule has 3 unspecified atom stereocenters. The molecule has 0 saturated heterocycles. The molecule has 0 spiro atoms. The van der Waals surface area contributed by atoms with E-state index in [1.54, 1.807) is 0 Å².